The number of rotatable bonds is 5. The molecule has 3 rings (SSSR count). The first kappa shape index (κ1) is 20.1. The number of aryl methyl sites for hydroxylation is 2. The number of carboxylic acid groups (broad SMARTS) is 1. The molecule has 1 fully saturated rings. The van der Waals surface area contributed by atoms with Crippen molar-refractivity contribution in [2.24, 2.45) is 5.92 Å². The van der Waals surface area contributed by atoms with Crippen LogP contribution in [0.3, 0.4) is 0 Å². The second kappa shape index (κ2) is 7.79. The molecule has 2 aromatic rings. The fourth-order valence-corrected chi connectivity index (χ4v) is 4.50. The van der Waals surface area contributed by atoms with Gasteiger partial charge < -0.3 is 10.0 Å². The van der Waals surface area contributed by atoms with Crippen molar-refractivity contribution in [3.05, 3.63) is 47.2 Å². The maximum Gasteiger partial charge on any atom is 0.337 e. The van der Waals surface area contributed by atoms with Gasteiger partial charge in [0, 0.05) is 19.3 Å². The van der Waals surface area contributed by atoms with Gasteiger partial charge in [0.05, 0.1) is 16.1 Å². The number of pyridine rings is 1. The van der Waals surface area contributed by atoms with Crippen LogP contribution < -0.4 is 9.62 Å². The summed E-state index contributed by atoms with van der Waals surface area (Å²) in [5.41, 5.74) is 1.99. The molecule has 8 heteroatoms. The van der Waals surface area contributed by atoms with Crippen LogP contribution in [0.15, 0.2) is 35.4 Å². The van der Waals surface area contributed by atoms with Gasteiger partial charge in [-0.15, -0.1) is 0 Å². The quantitative estimate of drug-likeness (QED) is 0.793. The number of carbonyl (C=O) groups is 1. The second-order valence-corrected chi connectivity index (χ2v) is 9.13. The van der Waals surface area contributed by atoms with E-state index in [1.165, 1.54) is 12.3 Å². The minimum atomic E-state index is -3.88. The van der Waals surface area contributed by atoms with Gasteiger partial charge in [0.1, 0.15) is 0 Å². The molecule has 1 aromatic heterocycles. The number of aromatic carboxylic acids is 1. The molecule has 150 valence electrons. The number of hydrogen-bond acceptors (Lipinski definition) is 5. The fraction of sp³-hybridized carbons (Fsp3) is 0.400. The molecule has 28 heavy (non-hydrogen) atoms. The van der Waals surface area contributed by atoms with E-state index in [9.17, 15) is 18.3 Å². The third kappa shape index (κ3) is 4.27. The lowest BCUT2D eigenvalue weighted by molar-refractivity contribution is 0.0696. The van der Waals surface area contributed by atoms with Gasteiger partial charge in [0.25, 0.3) is 10.0 Å². The maximum absolute atomic E-state index is 12.9. The average Bonchev–Trinajstić information content (AvgIpc) is 2.63. The number of nitrogens with zero attached hydrogens (tertiary/aromatic N) is 2. The van der Waals surface area contributed by atoms with Crippen LogP contribution in [0.2, 0.25) is 0 Å². The summed E-state index contributed by atoms with van der Waals surface area (Å²) in [6.07, 6.45) is 3.35. The second-order valence-electron chi connectivity index (χ2n) is 7.45. The van der Waals surface area contributed by atoms with Gasteiger partial charge in [-0.2, -0.15) is 0 Å². The topological polar surface area (TPSA) is 99.6 Å². The molecule has 0 aliphatic carbocycles. The van der Waals surface area contributed by atoms with Gasteiger partial charge in [0.2, 0.25) is 0 Å². The molecular formula is C20H25N3O4S. The van der Waals surface area contributed by atoms with Gasteiger partial charge in [-0.05, 0) is 61.9 Å². The van der Waals surface area contributed by atoms with Gasteiger partial charge in [0.15, 0.2) is 5.82 Å². The van der Waals surface area contributed by atoms with Crippen LogP contribution in [0.1, 0.15) is 41.3 Å². The molecule has 0 radical (unpaired) electrons. The highest BCUT2D eigenvalue weighted by atomic mass is 32.2. The van der Waals surface area contributed by atoms with Crippen LogP contribution >= 0.6 is 0 Å². The van der Waals surface area contributed by atoms with E-state index in [0.29, 0.717) is 11.7 Å². The molecule has 0 amide bonds. The predicted octanol–water partition coefficient (Wildman–Crippen LogP) is 3.43. The Morgan fingerprint density at radius 2 is 2.00 bits per heavy atom. The number of sulfonamides is 1. The van der Waals surface area contributed by atoms with Crippen molar-refractivity contribution in [3.63, 3.8) is 0 Å². The van der Waals surface area contributed by atoms with Gasteiger partial charge in [-0.3, -0.25) is 4.72 Å². The normalized spacial score (nSPS) is 17.4. The average molecular weight is 404 g/mol. The number of aromatic nitrogens is 1. The molecule has 7 nitrogen and oxygen atoms in total. The molecule has 0 saturated carbocycles. The van der Waals surface area contributed by atoms with Crippen LogP contribution in [-0.2, 0) is 10.0 Å². The summed E-state index contributed by atoms with van der Waals surface area (Å²) in [5, 5.41) is 9.30. The van der Waals surface area contributed by atoms with Crippen molar-refractivity contribution >= 4 is 27.5 Å². The van der Waals surface area contributed by atoms with Gasteiger partial charge >= 0.3 is 5.97 Å². The lowest BCUT2D eigenvalue weighted by Crippen LogP contribution is -2.35. The standard InChI is InChI=1S/C20H25N3O4S/c1-13-5-4-8-23(12-13)19-18(10-16(11-21-19)20(24)25)22-28(26,27)17-7-6-14(2)15(3)9-17/h6-7,9-11,13,22H,4-5,8,12H2,1-3H3,(H,24,25). The van der Waals surface area contributed by atoms with Crippen LogP contribution in [0, 0.1) is 19.8 Å². The Morgan fingerprint density at radius 3 is 2.64 bits per heavy atom. The van der Waals surface area contributed by atoms with Gasteiger partial charge in [-0.1, -0.05) is 13.0 Å². The molecule has 0 spiro atoms. The molecule has 1 aromatic carbocycles. The predicted molar refractivity (Wildman–Crippen MR) is 109 cm³/mol. The third-order valence-electron chi connectivity index (χ3n) is 5.10. The lowest BCUT2D eigenvalue weighted by atomic mass is 10.0. The number of carboxylic acids is 1. The van der Waals surface area contributed by atoms with Crippen LogP contribution in [0.25, 0.3) is 0 Å². The molecule has 0 bridgehead atoms. The van der Waals surface area contributed by atoms with Crippen molar-refractivity contribution in [3.8, 4) is 0 Å². The molecule has 1 saturated heterocycles. The van der Waals surface area contributed by atoms with Gasteiger partial charge in [-0.25, -0.2) is 18.2 Å². The largest absolute Gasteiger partial charge is 0.478 e. The highest BCUT2D eigenvalue weighted by molar-refractivity contribution is 7.92. The zero-order valence-electron chi connectivity index (χ0n) is 16.3. The van der Waals surface area contributed by atoms with Crippen molar-refractivity contribution in [1.82, 2.24) is 4.98 Å². The Kier molecular flexibility index (Phi) is 5.60. The minimum Gasteiger partial charge on any atom is -0.478 e. The Hall–Kier alpha value is -2.61. The Labute approximate surface area is 165 Å². The van der Waals surface area contributed by atoms with E-state index >= 15 is 0 Å². The summed E-state index contributed by atoms with van der Waals surface area (Å²) in [4.78, 5) is 17.8. The molecule has 2 N–H and O–H groups in total. The van der Waals surface area contributed by atoms with Crippen molar-refractivity contribution in [2.45, 2.75) is 38.5 Å². The highest BCUT2D eigenvalue weighted by Gasteiger charge is 2.24. The number of piperidine rings is 1. The molecule has 1 unspecified atom stereocenters. The van der Waals surface area contributed by atoms with E-state index in [2.05, 4.69) is 16.6 Å². The van der Waals surface area contributed by atoms with E-state index in [1.54, 1.807) is 18.2 Å². The number of hydrogen-bond donors (Lipinski definition) is 2. The van der Waals surface area contributed by atoms with Crippen LogP contribution in [0.5, 0.6) is 0 Å². The molecule has 1 aliphatic heterocycles. The monoisotopic (exact) mass is 403 g/mol. The van der Waals surface area contributed by atoms with E-state index < -0.39 is 16.0 Å². The van der Waals surface area contributed by atoms with E-state index in [0.717, 1.165) is 37.1 Å². The van der Waals surface area contributed by atoms with Crippen molar-refractivity contribution < 1.29 is 18.3 Å². The Bertz CT molecular complexity index is 1000. The molecule has 2 heterocycles. The van der Waals surface area contributed by atoms with E-state index in [-0.39, 0.29) is 16.1 Å². The summed E-state index contributed by atoms with van der Waals surface area (Å²) >= 11 is 0. The molecular weight excluding hydrogens is 378 g/mol. The van der Waals surface area contributed by atoms with Crippen molar-refractivity contribution in [1.29, 1.82) is 0 Å². The first-order chi connectivity index (χ1) is 13.2. The third-order valence-corrected chi connectivity index (χ3v) is 6.47. The SMILES string of the molecule is Cc1ccc(S(=O)(=O)Nc2cc(C(=O)O)cnc2N2CCCC(C)C2)cc1C. The zero-order valence-corrected chi connectivity index (χ0v) is 17.1. The van der Waals surface area contributed by atoms with Crippen molar-refractivity contribution in [2.75, 3.05) is 22.7 Å². The zero-order chi connectivity index (χ0) is 20.5. The first-order valence-corrected chi connectivity index (χ1v) is 10.7. The highest BCUT2D eigenvalue weighted by Crippen LogP contribution is 2.30. The van der Waals surface area contributed by atoms with Crippen LogP contribution in [-0.4, -0.2) is 37.6 Å². The summed E-state index contributed by atoms with van der Waals surface area (Å²) in [7, 11) is -3.88. The Morgan fingerprint density at radius 1 is 1.25 bits per heavy atom. The first-order valence-electron chi connectivity index (χ1n) is 9.26. The summed E-state index contributed by atoms with van der Waals surface area (Å²) in [6.45, 7) is 7.40. The fourth-order valence-electron chi connectivity index (χ4n) is 3.37. The van der Waals surface area contributed by atoms with E-state index in [4.69, 9.17) is 0 Å². The minimum absolute atomic E-state index is 0.0633. The molecule has 1 atom stereocenters. The summed E-state index contributed by atoms with van der Waals surface area (Å²) in [5.74, 6) is -0.236. The lowest BCUT2D eigenvalue weighted by Gasteiger charge is -2.33. The maximum atomic E-state index is 12.9. The number of benzene rings is 1. The summed E-state index contributed by atoms with van der Waals surface area (Å²) in [6, 6.07) is 6.24. The molecule has 1 aliphatic rings. The number of anilines is 2. The van der Waals surface area contributed by atoms with E-state index in [1.807, 2.05) is 18.7 Å². The number of nitrogens with one attached hydrogen (secondary N) is 1. The summed E-state index contributed by atoms with van der Waals surface area (Å²) < 4.78 is 28.4. The van der Waals surface area contributed by atoms with Crippen LogP contribution in [0.4, 0.5) is 11.5 Å². The smallest absolute Gasteiger partial charge is 0.337 e. The Balaban J connectivity index is 2.01.